The number of hydrogen-bond acceptors (Lipinski definition) is 3. The van der Waals surface area contributed by atoms with E-state index in [4.69, 9.17) is 23.1 Å². The van der Waals surface area contributed by atoms with Crippen LogP contribution in [-0.4, -0.2) is 29.3 Å². The molecular weight excluding hydrogens is 232 g/mol. The molecule has 0 aromatic heterocycles. The molecular formula is C13H18N2OS. The molecule has 0 saturated heterocycles. The third kappa shape index (κ3) is 2.76. The summed E-state index contributed by atoms with van der Waals surface area (Å²) >= 11 is 5.11. The molecule has 0 spiro atoms. The summed E-state index contributed by atoms with van der Waals surface area (Å²) in [6, 6.07) is 6.67. The maximum Gasteiger partial charge on any atom is 0.106 e. The van der Waals surface area contributed by atoms with Crippen molar-refractivity contribution in [2.24, 2.45) is 5.73 Å². The summed E-state index contributed by atoms with van der Waals surface area (Å²) in [4.78, 5) is 2.64. The van der Waals surface area contributed by atoms with E-state index >= 15 is 0 Å². The Hall–Kier alpha value is -1.13. The Morgan fingerprint density at radius 2 is 2.24 bits per heavy atom. The van der Waals surface area contributed by atoms with Crippen LogP contribution < -0.4 is 10.6 Å². The summed E-state index contributed by atoms with van der Waals surface area (Å²) in [5.41, 5.74) is 8.90. The summed E-state index contributed by atoms with van der Waals surface area (Å²) in [5, 5.41) is 9.15. The highest BCUT2D eigenvalue weighted by molar-refractivity contribution is 7.80. The van der Waals surface area contributed by atoms with Crippen LogP contribution in [0, 0.1) is 6.92 Å². The molecule has 0 bridgehead atoms. The molecule has 1 aromatic carbocycles. The third-order valence-corrected chi connectivity index (χ3v) is 3.28. The zero-order valence-corrected chi connectivity index (χ0v) is 10.8. The molecule has 1 aliphatic carbocycles. The van der Waals surface area contributed by atoms with Gasteiger partial charge in [-0.05, 0) is 31.9 Å². The predicted octanol–water partition coefficient (Wildman–Crippen LogP) is 1.59. The molecule has 1 aromatic rings. The minimum Gasteiger partial charge on any atom is -0.395 e. The molecule has 0 atom stereocenters. The highest BCUT2D eigenvalue weighted by atomic mass is 32.1. The molecule has 0 amide bonds. The minimum atomic E-state index is 0.154. The standard InChI is InChI=1S/C13H18N2OS/c1-9-2-5-12(11(8-9)13(14)17)15(6-7-16)10-3-4-10/h2,5,8,10,16H,3-4,6-7H2,1H3,(H2,14,17). The Bertz CT molecular complexity index is 429. The van der Waals surface area contributed by atoms with Crippen molar-refractivity contribution >= 4 is 22.9 Å². The summed E-state index contributed by atoms with van der Waals surface area (Å²) in [5.74, 6) is 0. The van der Waals surface area contributed by atoms with Gasteiger partial charge in [0.1, 0.15) is 4.99 Å². The van der Waals surface area contributed by atoms with Crippen molar-refractivity contribution in [3.8, 4) is 0 Å². The quantitative estimate of drug-likeness (QED) is 0.779. The van der Waals surface area contributed by atoms with Crippen LogP contribution in [0.25, 0.3) is 0 Å². The fraction of sp³-hybridized carbons (Fsp3) is 0.462. The van der Waals surface area contributed by atoms with Crippen LogP contribution in [0.2, 0.25) is 0 Å². The maximum atomic E-state index is 9.15. The normalized spacial score (nSPS) is 14.7. The summed E-state index contributed by atoms with van der Waals surface area (Å²) in [6.07, 6.45) is 2.37. The summed E-state index contributed by atoms with van der Waals surface area (Å²) in [6.45, 7) is 2.82. The van der Waals surface area contributed by atoms with Crippen molar-refractivity contribution < 1.29 is 5.11 Å². The summed E-state index contributed by atoms with van der Waals surface area (Å²) < 4.78 is 0. The van der Waals surface area contributed by atoms with E-state index < -0.39 is 0 Å². The lowest BCUT2D eigenvalue weighted by molar-refractivity contribution is 0.301. The average molecular weight is 250 g/mol. The van der Waals surface area contributed by atoms with Crippen molar-refractivity contribution in [1.82, 2.24) is 0 Å². The van der Waals surface area contributed by atoms with Gasteiger partial charge < -0.3 is 15.7 Å². The number of rotatable bonds is 5. The Kier molecular flexibility index (Phi) is 3.64. The number of hydrogen-bond donors (Lipinski definition) is 2. The smallest absolute Gasteiger partial charge is 0.106 e. The van der Waals surface area contributed by atoms with Crippen LogP contribution in [0.3, 0.4) is 0 Å². The monoisotopic (exact) mass is 250 g/mol. The first kappa shape index (κ1) is 12.3. The zero-order chi connectivity index (χ0) is 12.4. The van der Waals surface area contributed by atoms with E-state index in [2.05, 4.69) is 17.0 Å². The largest absolute Gasteiger partial charge is 0.395 e. The number of aliphatic hydroxyl groups is 1. The maximum absolute atomic E-state index is 9.15. The Morgan fingerprint density at radius 3 is 2.76 bits per heavy atom. The molecule has 0 unspecified atom stereocenters. The van der Waals surface area contributed by atoms with Gasteiger partial charge >= 0.3 is 0 Å². The summed E-state index contributed by atoms with van der Waals surface area (Å²) in [7, 11) is 0. The van der Waals surface area contributed by atoms with Crippen LogP contribution >= 0.6 is 12.2 Å². The van der Waals surface area contributed by atoms with Crippen molar-refractivity contribution in [3.63, 3.8) is 0 Å². The lowest BCUT2D eigenvalue weighted by Gasteiger charge is -2.26. The molecule has 92 valence electrons. The molecule has 0 heterocycles. The fourth-order valence-electron chi connectivity index (χ4n) is 2.09. The SMILES string of the molecule is Cc1ccc(N(CCO)C2CC2)c(C(N)=S)c1. The van der Waals surface area contributed by atoms with Gasteiger partial charge in [-0.1, -0.05) is 23.8 Å². The first-order chi connectivity index (χ1) is 8.13. The second kappa shape index (κ2) is 5.02. The molecule has 3 N–H and O–H groups in total. The zero-order valence-electron chi connectivity index (χ0n) is 10.0. The van der Waals surface area contributed by atoms with Crippen LogP contribution in [0.4, 0.5) is 5.69 Å². The number of aryl methyl sites for hydroxylation is 1. The lowest BCUT2D eigenvalue weighted by Crippen LogP contribution is -2.31. The van der Waals surface area contributed by atoms with Gasteiger partial charge in [-0.2, -0.15) is 0 Å². The fourth-order valence-corrected chi connectivity index (χ4v) is 2.25. The molecule has 1 saturated carbocycles. The van der Waals surface area contributed by atoms with Gasteiger partial charge in [0.15, 0.2) is 0 Å². The first-order valence-electron chi connectivity index (χ1n) is 5.91. The molecule has 3 nitrogen and oxygen atoms in total. The van der Waals surface area contributed by atoms with Gasteiger partial charge in [0.05, 0.1) is 6.61 Å². The average Bonchev–Trinajstić information content (AvgIpc) is 3.10. The second-order valence-electron chi connectivity index (χ2n) is 4.53. The van der Waals surface area contributed by atoms with Crippen LogP contribution in [0.5, 0.6) is 0 Å². The molecule has 4 heteroatoms. The van der Waals surface area contributed by atoms with Gasteiger partial charge in [0.25, 0.3) is 0 Å². The third-order valence-electron chi connectivity index (χ3n) is 3.06. The predicted molar refractivity (Wildman–Crippen MR) is 74.5 cm³/mol. The highest BCUT2D eigenvalue weighted by Crippen LogP contribution is 2.33. The number of thiocarbonyl (C=S) groups is 1. The topological polar surface area (TPSA) is 49.5 Å². The van der Waals surface area contributed by atoms with Gasteiger partial charge in [0.2, 0.25) is 0 Å². The molecule has 0 aliphatic heterocycles. The van der Waals surface area contributed by atoms with Gasteiger partial charge in [-0.25, -0.2) is 0 Å². The van der Waals surface area contributed by atoms with Crippen LogP contribution in [0.15, 0.2) is 18.2 Å². The molecule has 1 fully saturated rings. The Morgan fingerprint density at radius 1 is 1.53 bits per heavy atom. The molecule has 2 rings (SSSR count). The number of nitrogens with two attached hydrogens (primary N) is 1. The molecule has 1 aliphatic rings. The Balaban J connectivity index is 2.37. The van der Waals surface area contributed by atoms with E-state index in [9.17, 15) is 0 Å². The lowest BCUT2D eigenvalue weighted by atomic mass is 10.1. The van der Waals surface area contributed by atoms with E-state index in [0.29, 0.717) is 17.6 Å². The van der Waals surface area contributed by atoms with Gasteiger partial charge in [-0.3, -0.25) is 0 Å². The van der Waals surface area contributed by atoms with E-state index in [1.54, 1.807) is 0 Å². The van der Waals surface area contributed by atoms with Gasteiger partial charge in [0, 0.05) is 23.8 Å². The number of aliphatic hydroxyl groups excluding tert-OH is 1. The first-order valence-corrected chi connectivity index (χ1v) is 6.32. The van der Waals surface area contributed by atoms with E-state index in [-0.39, 0.29) is 6.61 Å². The highest BCUT2D eigenvalue weighted by Gasteiger charge is 2.30. The van der Waals surface area contributed by atoms with E-state index in [0.717, 1.165) is 16.8 Å². The van der Waals surface area contributed by atoms with Crippen molar-refractivity contribution in [2.45, 2.75) is 25.8 Å². The number of nitrogens with zero attached hydrogens (tertiary/aromatic N) is 1. The van der Waals surface area contributed by atoms with Crippen molar-refractivity contribution in [2.75, 3.05) is 18.1 Å². The number of anilines is 1. The van der Waals surface area contributed by atoms with E-state index in [1.165, 1.54) is 12.8 Å². The van der Waals surface area contributed by atoms with Crippen molar-refractivity contribution in [3.05, 3.63) is 29.3 Å². The molecule has 0 radical (unpaired) electrons. The van der Waals surface area contributed by atoms with Crippen LogP contribution in [0.1, 0.15) is 24.0 Å². The van der Waals surface area contributed by atoms with Crippen LogP contribution in [-0.2, 0) is 0 Å². The minimum absolute atomic E-state index is 0.154. The molecule has 17 heavy (non-hydrogen) atoms. The van der Waals surface area contributed by atoms with Gasteiger partial charge in [-0.15, -0.1) is 0 Å². The van der Waals surface area contributed by atoms with E-state index in [1.807, 2.05) is 13.0 Å². The van der Waals surface area contributed by atoms with Crippen molar-refractivity contribution in [1.29, 1.82) is 0 Å². The second-order valence-corrected chi connectivity index (χ2v) is 4.97. The Labute approximate surface area is 107 Å². The number of benzene rings is 1.